The van der Waals surface area contributed by atoms with Gasteiger partial charge in [-0.15, -0.1) is 0 Å². The van der Waals surface area contributed by atoms with Gasteiger partial charge in [0.2, 0.25) is 0 Å². The molecule has 0 aromatic heterocycles. The maximum Gasteiger partial charge on any atom is 0.0724 e. The number of hydrogen-bond acceptors (Lipinski definition) is 3. The second kappa shape index (κ2) is 8.52. The van der Waals surface area contributed by atoms with Crippen LogP contribution in [-0.2, 0) is 4.74 Å². The minimum Gasteiger partial charge on any atom is -0.380 e. The number of piperidine rings is 1. The molecule has 1 aromatic carbocycles. The first-order valence-electron chi connectivity index (χ1n) is 8.28. The lowest BCUT2D eigenvalue weighted by Crippen LogP contribution is -2.46. The van der Waals surface area contributed by atoms with Gasteiger partial charge in [0.25, 0.3) is 0 Å². The predicted molar refractivity (Wildman–Crippen MR) is 88.5 cm³/mol. The molecule has 2 rings (SSSR count). The fourth-order valence-electron chi connectivity index (χ4n) is 3.12. The number of nitrogens with zero attached hydrogens (tertiary/aromatic N) is 1. The Balaban J connectivity index is 1.98. The Morgan fingerprint density at radius 2 is 2.10 bits per heavy atom. The van der Waals surface area contributed by atoms with Crippen molar-refractivity contribution in [2.75, 3.05) is 33.3 Å². The van der Waals surface area contributed by atoms with Gasteiger partial charge in [0, 0.05) is 26.2 Å². The maximum atomic E-state index is 5.64. The third-order valence-corrected chi connectivity index (χ3v) is 4.56. The quantitative estimate of drug-likeness (QED) is 0.835. The third kappa shape index (κ3) is 4.80. The summed E-state index contributed by atoms with van der Waals surface area (Å²) in [4.78, 5) is 2.55. The molecule has 0 saturated carbocycles. The first-order valence-corrected chi connectivity index (χ1v) is 8.28. The second-order valence-electron chi connectivity index (χ2n) is 6.22. The molecule has 1 aromatic rings. The topological polar surface area (TPSA) is 24.5 Å². The molecule has 0 aliphatic carbocycles. The number of ether oxygens (including phenoxy) is 1. The SMILES string of the molecule is CCCNC(CN1CCC(C)C(OC)C1)c1ccccc1. The van der Waals surface area contributed by atoms with Crippen molar-refractivity contribution in [3.05, 3.63) is 35.9 Å². The fraction of sp³-hybridized carbons (Fsp3) is 0.667. The van der Waals surface area contributed by atoms with Gasteiger partial charge in [0.05, 0.1) is 6.10 Å². The molecule has 1 saturated heterocycles. The van der Waals surface area contributed by atoms with Crippen molar-refractivity contribution < 1.29 is 4.74 Å². The Kier molecular flexibility index (Phi) is 6.68. The first-order chi connectivity index (χ1) is 10.2. The number of likely N-dealkylation sites (tertiary alicyclic amines) is 1. The highest BCUT2D eigenvalue weighted by Crippen LogP contribution is 2.22. The standard InChI is InChI=1S/C18H30N2O/c1-4-11-19-17(16-8-6-5-7-9-16)13-20-12-10-15(2)18(14-20)21-3/h5-9,15,17-19H,4,10-14H2,1-3H3. The van der Waals surface area contributed by atoms with Crippen LogP contribution in [0, 0.1) is 5.92 Å². The molecule has 1 aliphatic rings. The van der Waals surface area contributed by atoms with Gasteiger partial charge in [0.1, 0.15) is 0 Å². The van der Waals surface area contributed by atoms with E-state index in [9.17, 15) is 0 Å². The van der Waals surface area contributed by atoms with Crippen LogP contribution in [0.2, 0.25) is 0 Å². The van der Waals surface area contributed by atoms with Gasteiger partial charge in [-0.05, 0) is 37.4 Å². The molecule has 0 amide bonds. The minimum atomic E-state index is 0.376. The summed E-state index contributed by atoms with van der Waals surface area (Å²) in [7, 11) is 1.84. The highest BCUT2D eigenvalue weighted by atomic mass is 16.5. The summed E-state index contributed by atoms with van der Waals surface area (Å²) in [5, 5.41) is 3.69. The van der Waals surface area contributed by atoms with Gasteiger partial charge >= 0.3 is 0 Å². The Morgan fingerprint density at radius 3 is 2.76 bits per heavy atom. The molecule has 3 heteroatoms. The van der Waals surface area contributed by atoms with Gasteiger partial charge in [-0.3, -0.25) is 4.90 Å². The van der Waals surface area contributed by atoms with E-state index in [2.05, 4.69) is 54.4 Å². The Morgan fingerprint density at radius 1 is 1.33 bits per heavy atom. The maximum absolute atomic E-state index is 5.64. The van der Waals surface area contributed by atoms with Crippen LogP contribution in [0.5, 0.6) is 0 Å². The number of benzene rings is 1. The number of hydrogen-bond donors (Lipinski definition) is 1. The van der Waals surface area contributed by atoms with Gasteiger partial charge in [-0.25, -0.2) is 0 Å². The van der Waals surface area contributed by atoms with E-state index in [0.29, 0.717) is 18.1 Å². The summed E-state index contributed by atoms with van der Waals surface area (Å²) in [6, 6.07) is 11.2. The van der Waals surface area contributed by atoms with Crippen LogP contribution in [0.1, 0.15) is 38.3 Å². The van der Waals surface area contributed by atoms with Gasteiger partial charge in [-0.1, -0.05) is 44.2 Å². The van der Waals surface area contributed by atoms with E-state index >= 15 is 0 Å². The van der Waals surface area contributed by atoms with E-state index in [1.807, 2.05) is 7.11 Å². The summed E-state index contributed by atoms with van der Waals surface area (Å²) in [6.07, 6.45) is 2.77. The molecule has 21 heavy (non-hydrogen) atoms. The van der Waals surface area contributed by atoms with Crippen molar-refractivity contribution in [1.82, 2.24) is 10.2 Å². The van der Waals surface area contributed by atoms with Crippen molar-refractivity contribution >= 4 is 0 Å². The van der Waals surface area contributed by atoms with Crippen LogP contribution in [0.25, 0.3) is 0 Å². The summed E-state index contributed by atoms with van der Waals surface area (Å²) in [5.74, 6) is 0.671. The Bertz CT molecular complexity index is 395. The van der Waals surface area contributed by atoms with E-state index in [1.54, 1.807) is 0 Å². The molecule has 3 atom stereocenters. The first kappa shape index (κ1) is 16.5. The molecule has 0 spiro atoms. The number of rotatable bonds is 7. The van der Waals surface area contributed by atoms with Crippen molar-refractivity contribution in [2.45, 2.75) is 38.8 Å². The van der Waals surface area contributed by atoms with Gasteiger partial charge in [0.15, 0.2) is 0 Å². The molecule has 118 valence electrons. The Hall–Kier alpha value is -0.900. The predicted octanol–water partition coefficient (Wildman–Crippen LogP) is 3.08. The summed E-state index contributed by atoms with van der Waals surface area (Å²) >= 11 is 0. The van der Waals surface area contributed by atoms with Crippen molar-refractivity contribution in [3.8, 4) is 0 Å². The molecule has 3 nitrogen and oxygen atoms in total. The molecule has 1 heterocycles. The smallest absolute Gasteiger partial charge is 0.0724 e. The molecule has 1 aliphatic heterocycles. The van der Waals surface area contributed by atoms with E-state index < -0.39 is 0 Å². The van der Waals surface area contributed by atoms with Crippen molar-refractivity contribution in [2.24, 2.45) is 5.92 Å². The normalized spacial score (nSPS) is 24.9. The van der Waals surface area contributed by atoms with Crippen LogP contribution < -0.4 is 5.32 Å². The molecule has 1 N–H and O–H groups in total. The average Bonchev–Trinajstić information content (AvgIpc) is 2.53. The summed E-state index contributed by atoms with van der Waals surface area (Å²) in [6.45, 7) is 8.88. The molecule has 1 fully saturated rings. The monoisotopic (exact) mass is 290 g/mol. The zero-order valence-electron chi connectivity index (χ0n) is 13.7. The number of nitrogens with one attached hydrogen (secondary N) is 1. The van der Waals surface area contributed by atoms with E-state index in [1.165, 1.54) is 24.9 Å². The van der Waals surface area contributed by atoms with Gasteiger partial charge in [-0.2, -0.15) is 0 Å². The summed E-state index contributed by atoms with van der Waals surface area (Å²) < 4.78 is 5.64. The number of methoxy groups -OCH3 is 1. The molecular formula is C18H30N2O. The zero-order valence-corrected chi connectivity index (χ0v) is 13.7. The van der Waals surface area contributed by atoms with Gasteiger partial charge < -0.3 is 10.1 Å². The molecule has 0 bridgehead atoms. The fourth-order valence-corrected chi connectivity index (χ4v) is 3.12. The van der Waals surface area contributed by atoms with E-state index in [4.69, 9.17) is 4.74 Å². The van der Waals surface area contributed by atoms with E-state index in [-0.39, 0.29) is 0 Å². The third-order valence-electron chi connectivity index (χ3n) is 4.56. The van der Waals surface area contributed by atoms with E-state index in [0.717, 1.165) is 19.6 Å². The lowest BCUT2D eigenvalue weighted by atomic mass is 9.95. The second-order valence-corrected chi connectivity index (χ2v) is 6.22. The van der Waals surface area contributed by atoms with Crippen molar-refractivity contribution in [1.29, 1.82) is 0 Å². The lowest BCUT2D eigenvalue weighted by Gasteiger charge is -2.38. The largest absolute Gasteiger partial charge is 0.380 e. The van der Waals surface area contributed by atoms with Crippen LogP contribution in [0.3, 0.4) is 0 Å². The zero-order chi connectivity index (χ0) is 15.1. The minimum absolute atomic E-state index is 0.376. The van der Waals surface area contributed by atoms with Crippen molar-refractivity contribution in [3.63, 3.8) is 0 Å². The molecule has 3 unspecified atom stereocenters. The highest BCUT2D eigenvalue weighted by molar-refractivity contribution is 5.19. The molecular weight excluding hydrogens is 260 g/mol. The Labute approximate surface area is 129 Å². The average molecular weight is 290 g/mol. The van der Waals surface area contributed by atoms with Crippen LogP contribution in [-0.4, -0.2) is 44.3 Å². The van der Waals surface area contributed by atoms with Crippen LogP contribution in [0.15, 0.2) is 30.3 Å². The van der Waals surface area contributed by atoms with Crippen LogP contribution >= 0.6 is 0 Å². The molecule has 0 radical (unpaired) electrons. The van der Waals surface area contributed by atoms with Crippen LogP contribution in [0.4, 0.5) is 0 Å². The highest BCUT2D eigenvalue weighted by Gasteiger charge is 2.27. The lowest BCUT2D eigenvalue weighted by molar-refractivity contribution is -0.00749. The summed E-state index contributed by atoms with van der Waals surface area (Å²) in [5.41, 5.74) is 1.39.